The van der Waals surface area contributed by atoms with Crippen LogP contribution < -0.4 is 0 Å². The summed E-state index contributed by atoms with van der Waals surface area (Å²) in [5, 5.41) is 0. The Morgan fingerprint density at radius 3 is 2.18 bits per heavy atom. The zero-order valence-electron chi connectivity index (χ0n) is 5.24. The first-order valence-electron chi connectivity index (χ1n) is 2.57. The van der Waals surface area contributed by atoms with Crippen molar-refractivity contribution in [3.8, 4) is 0 Å². The average Bonchev–Trinajstić information content (AvgIpc) is 2.09. The molecule has 66 valence electrons. The fraction of sp³-hybridized carbons (Fsp3) is 1.00. The van der Waals surface area contributed by atoms with Gasteiger partial charge in [-0.2, -0.15) is 4.31 Å². The van der Waals surface area contributed by atoms with E-state index in [2.05, 4.69) is 13.4 Å². The van der Waals surface area contributed by atoms with E-state index in [1.54, 1.807) is 0 Å². The van der Waals surface area contributed by atoms with E-state index in [4.69, 9.17) is 9.79 Å². The standard InChI is InChI=1S/C2H6O7P2/c3-10(4,5)9-11(6)7-1-2-8-11/h1-2H2,(H2,3,4,5). The van der Waals surface area contributed by atoms with Gasteiger partial charge in [0.25, 0.3) is 0 Å². The first-order valence-corrected chi connectivity index (χ1v) is 5.56. The molecule has 0 atom stereocenters. The molecule has 0 bridgehead atoms. The molecule has 7 nitrogen and oxygen atoms in total. The Labute approximate surface area is 62.1 Å². The largest absolute Gasteiger partial charge is 0.483 e. The zero-order chi connectivity index (χ0) is 8.54. The minimum absolute atomic E-state index is 0.0112. The molecule has 9 heteroatoms. The molecular weight excluding hydrogens is 198 g/mol. The van der Waals surface area contributed by atoms with Crippen LogP contribution in [0.5, 0.6) is 0 Å². The van der Waals surface area contributed by atoms with Crippen molar-refractivity contribution in [2.45, 2.75) is 0 Å². The van der Waals surface area contributed by atoms with E-state index in [1.807, 2.05) is 0 Å². The van der Waals surface area contributed by atoms with Crippen molar-refractivity contribution in [3.05, 3.63) is 0 Å². The van der Waals surface area contributed by atoms with Crippen molar-refractivity contribution in [2.75, 3.05) is 13.2 Å². The Morgan fingerprint density at radius 1 is 1.36 bits per heavy atom. The fourth-order valence-electron chi connectivity index (χ4n) is 0.513. The van der Waals surface area contributed by atoms with Gasteiger partial charge in [-0.3, -0.25) is 9.05 Å². The maximum absolute atomic E-state index is 10.9. The second-order valence-electron chi connectivity index (χ2n) is 1.69. The van der Waals surface area contributed by atoms with Gasteiger partial charge in [0.1, 0.15) is 0 Å². The highest BCUT2D eigenvalue weighted by Crippen LogP contribution is 2.62. The summed E-state index contributed by atoms with van der Waals surface area (Å²) in [7, 11) is -8.75. The second kappa shape index (κ2) is 2.95. The van der Waals surface area contributed by atoms with Crippen LogP contribution in [0.4, 0.5) is 0 Å². The highest BCUT2D eigenvalue weighted by molar-refractivity contribution is 7.61. The molecule has 2 N–H and O–H groups in total. The van der Waals surface area contributed by atoms with Crippen LogP contribution in [0, 0.1) is 0 Å². The average molecular weight is 204 g/mol. The van der Waals surface area contributed by atoms with Gasteiger partial charge < -0.3 is 9.79 Å². The van der Waals surface area contributed by atoms with Gasteiger partial charge >= 0.3 is 15.6 Å². The van der Waals surface area contributed by atoms with Crippen LogP contribution in [0.2, 0.25) is 0 Å². The van der Waals surface area contributed by atoms with Crippen LogP contribution in [0.25, 0.3) is 0 Å². The lowest BCUT2D eigenvalue weighted by Crippen LogP contribution is -1.87. The smallest absolute Gasteiger partial charge is 0.302 e. The van der Waals surface area contributed by atoms with Crippen molar-refractivity contribution in [1.29, 1.82) is 0 Å². The van der Waals surface area contributed by atoms with Crippen LogP contribution in [0.15, 0.2) is 0 Å². The Kier molecular flexibility index (Phi) is 2.51. The van der Waals surface area contributed by atoms with Crippen molar-refractivity contribution in [3.63, 3.8) is 0 Å². The summed E-state index contributed by atoms with van der Waals surface area (Å²) in [6.45, 7) is 0.0224. The zero-order valence-corrected chi connectivity index (χ0v) is 7.03. The van der Waals surface area contributed by atoms with Crippen molar-refractivity contribution in [1.82, 2.24) is 0 Å². The van der Waals surface area contributed by atoms with Gasteiger partial charge in [-0.15, -0.1) is 0 Å². The van der Waals surface area contributed by atoms with Gasteiger partial charge in [0.15, 0.2) is 0 Å². The van der Waals surface area contributed by atoms with E-state index in [0.29, 0.717) is 0 Å². The van der Waals surface area contributed by atoms with Gasteiger partial charge in [0, 0.05) is 0 Å². The Morgan fingerprint density at radius 2 is 1.82 bits per heavy atom. The number of phosphoric acid groups is 2. The molecule has 0 radical (unpaired) electrons. The molecule has 1 rings (SSSR count). The van der Waals surface area contributed by atoms with E-state index in [9.17, 15) is 9.13 Å². The van der Waals surface area contributed by atoms with Crippen molar-refractivity contribution < 1.29 is 32.3 Å². The summed E-state index contributed by atoms with van der Waals surface area (Å²) < 4.78 is 33.4. The molecule has 0 spiro atoms. The van der Waals surface area contributed by atoms with Crippen LogP contribution >= 0.6 is 15.6 Å². The summed E-state index contributed by atoms with van der Waals surface area (Å²) in [6, 6.07) is 0. The minimum atomic E-state index is -4.79. The van der Waals surface area contributed by atoms with Gasteiger partial charge in [0.2, 0.25) is 0 Å². The number of phosphoric ester groups is 1. The lowest BCUT2D eigenvalue weighted by molar-refractivity contribution is 0.219. The van der Waals surface area contributed by atoms with E-state index in [1.165, 1.54) is 0 Å². The molecule has 0 saturated carbocycles. The van der Waals surface area contributed by atoms with E-state index >= 15 is 0 Å². The first kappa shape index (κ1) is 9.35. The summed E-state index contributed by atoms with van der Waals surface area (Å²) in [6.07, 6.45) is 0. The second-order valence-corrected chi connectivity index (χ2v) is 4.73. The van der Waals surface area contributed by atoms with E-state index in [-0.39, 0.29) is 13.2 Å². The van der Waals surface area contributed by atoms with Crippen LogP contribution in [-0.4, -0.2) is 23.0 Å². The van der Waals surface area contributed by atoms with Crippen LogP contribution in [-0.2, 0) is 22.5 Å². The number of hydrogen-bond donors (Lipinski definition) is 2. The molecule has 1 fully saturated rings. The predicted molar refractivity (Wildman–Crippen MR) is 32.6 cm³/mol. The number of rotatable bonds is 2. The molecule has 0 unspecified atom stereocenters. The molecule has 11 heavy (non-hydrogen) atoms. The Balaban J connectivity index is 2.61. The lowest BCUT2D eigenvalue weighted by Gasteiger charge is -2.08. The van der Waals surface area contributed by atoms with E-state index < -0.39 is 15.6 Å². The minimum Gasteiger partial charge on any atom is -0.302 e. The number of hydrogen-bond acceptors (Lipinski definition) is 5. The highest BCUT2D eigenvalue weighted by atomic mass is 31.3. The van der Waals surface area contributed by atoms with Crippen molar-refractivity contribution >= 4 is 15.6 Å². The fourth-order valence-corrected chi connectivity index (χ4v) is 2.60. The molecule has 0 aliphatic carbocycles. The molecule has 1 aliphatic heterocycles. The summed E-state index contributed by atoms with van der Waals surface area (Å²) in [5.41, 5.74) is 0. The van der Waals surface area contributed by atoms with Gasteiger partial charge in [-0.05, 0) is 0 Å². The molecule has 1 heterocycles. The molecule has 1 aliphatic rings. The highest BCUT2D eigenvalue weighted by Gasteiger charge is 2.39. The van der Waals surface area contributed by atoms with E-state index in [0.717, 1.165) is 0 Å². The van der Waals surface area contributed by atoms with Crippen LogP contribution in [0.3, 0.4) is 0 Å². The lowest BCUT2D eigenvalue weighted by atomic mass is 10.8. The normalized spacial score (nSPS) is 23.8. The summed E-state index contributed by atoms with van der Waals surface area (Å²) >= 11 is 0. The summed E-state index contributed by atoms with van der Waals surface area (Å²) in [4.78, 5) is 16.4. The third kappa shape index (κ3) is 3.01. The molecule has 0 aromatic rings. The predicted octanol–water partition coefficient (Wildman–Crippen LogP) is 0.251. The Bertz CT molecular complexity index is 219. The van der Waals surface area contributed by atoms with Gasteiger partial charge in [0.05, 0.1) is 13.2 Å². The van der Waals surface area contributed by atoms with Gasteiger partial charge in [-0.1, -0.05) is 0 Å². The van der Waals surface area contributed by atoms with Crippen LogP contribution in [0.1, 0.15) is 0 Å². The topological polar surface area (TPSA) is 102 Å². The maximum Gasteiger partial charge on any atom is 0.483 e. The van der Waals surface area contributed by atoms with Gasteiger partial charge in [-0.25, -0.2) is 9.13 Å². The molecule has 1 saturated heterocycles. The molecule has 0 aromatic carbocycles. The van der Waals surface area contributed by atoms with Crippen molar-refractivity contribution in [2.24, 2.45) is 0 Å². The third-order valence-electron chi connectivity index (χ3n) is 0.788. The molecular formula is C2H6O7P2. The third-order valence-corrected chi connectivity index (χ3v) is 3.44. The Hall–Kier alpha value is 0.260. The molecule has 0 aromatic heterocycles. The quantitative estimate of drug-likeness (QED) is 0.621. The monoisotopic (exact) mass is 204 g/mol. The summed E-state index contributed by atoms with van der Waals surface area (Å²) in [5.74, 6) is 0. The first-order chi connectivity index (χ1) is 4.91. The molecule has 0 amide bonds. The SMILES string of the molecule is O=P(O)(O)OP1(=O)OCCO1. The maximum atomic E-state index is 10.9.